The van der Waals surface area contributed by atoms with Crippen LogP contribution < -0.4 is 4.72 Å². The molecule has 0 heterocycles. The van der Waals surface area contributed by atoms with Crippen molar-refractivity contribution in [3.05, 3.63) is 0 Å². The van der Waals surface area contributed by atoms with E-state index >= 15 is 0 Å². The van der Waals surface area contributed by atoms with Gasteiger partial charge in [0.05, 0.1) is 5.25 Å². The Morgan fingerprint density at radius 3 is 2.47 bits per heavy atom. The summed E-state index contributed by atoms with van der Waals surface area (Å²) >= 11 is 0. The van der Waals surface area contributed by atoms with E-state index in [9.17, 15) is 8.42 Å². The normalized spacial score (nSPS) is 21.5. The van der Waals surface area contributed by atoms with Gasteiger partial charge in [-0.15, -0.1) is 0 Å². The second kappa shape index (κ2) is 5.82. The second-order valence-electron chi connectivity index (χ2n) is 4.34. The average Bonchev–Trinajstić information content (AvgIpc) is 2.18. The summed E-state index contributed by atoms with van der Waals surface area (Å²) in [6, 6.07) is -0.165. The highest BCUT2D eigenvalue weighted by atomic mass is 32.2. The van der Waals surface area contributed by atoms with Crippen LogP contribution in [0.25, 0.3) is 0 Å². The van der Waals surface area contributed by atoms with Crippen LogP contribution in [0.1, 0.15) is 45.4 Å². The summed E-state index contributed by atoms with van der Waals surface area (Å²) in [5.74, 6) is 0. The Morgan fingerprint density at radius 1 is 1.33 bits per heavy atom. The predicted octanol–water partition coefficient (Wildman–Crippen LogP) is 1.01. The first-order chi connectivity index (χ1) is 7.06. The number of sulfonamides is 1. The predicted molar refractivity (Wildman–Crippen MR) is 60.1 cm³/mol. The summed E-state index contributed by atoms with van der Waals surface area (Å²) in [6.45, 7) is 1.81. The molecule has 90 valence electrons. The van der Waals surface area contributed by atoms with Gasteiger partial charge in [-0.25, -0.2) is 13.1 Å². The molecular formula is C10H21NO3S. The van der Waals surface area contributed by atoms with Crippen molar-refractivity contribution in [1.29, 1.82) is 0 Å². The largest absolute Gasteiger partial charge is 0.396 e. The summed E-state index contributed by atoms with van der Waals surface area (Å²) in [6.07, 6.45) is 5.21. The van der Waals surface area contributed by atoms with Gasteiger partial charge in [0.25, 0.3) is 0 Å². The van der Waals surface area contributed by atoms with Gasteiger partial charge in [0.2, 0.25) is 10.0 Å². The molecule has 1 rings (SSSR count). The Bertz CT molecular complexity index is 270. The standard InChI is InChI=1S/C10H21NO3S/c1-9(7-8-12)11-15(13,14)10-5-3-2-4-6-10/h9-12H,2-8H2,1H3. The zero-order valence-corrected chi connectivity index (χ0v) is 10.1. The average molecular weight is 235 g/mol. The van der Waals surface area contributed by atoms with Crippen LogP contribution in [0.2, 0.25) is 0 Å². The summed E-state index contributed by atoms with van der Waals surface area (Å²) in [5, 5.41) is 8.49. The van der Waals surface area contributed by atoms with Gasteiger partial charge in [-0.1, -0.05) is 19.3 Å². The van der Waals surface area contributed by atoms with Gasteiger partial charge < -0.3 is 5.11 Å². The second-order valence-corrected chi connectivity index (χ2v) is 6.33. The Hall–Kier alpha value is -0.130. The van der Waals surface area contributed by atoms with Crippen LogP contribution in [-0.2, 0) is 10.0 Å². The smallest absolute Gasteiger partial charge is 0.214 e. The minimum atomic E-state index is -3.17. The molecule has 1 aliphatic rings. The maximum absolute atomic E-state index is 11.9. The maximum Gasteiger partial charge on any atom is 0.214 e. The molecule has 0 saturated heterocycles. The van der Waals surface area contributed by atoms with Crippen molar-refractivity contribution in [3.63, 3.8) is 0 Å². The van der Waals surface area contributed by atoms with Crippen molar-refractivity contribution >= 4 is 10.0 Å². The van der Waals surface area contributed by atoms with Gasteiger partial charge in [-0.3, -0.25) is 0 Å². The number of rotatable bonds is 5. The molecule has 0 amide bonds. The number of aliphatic hydroxyl groups excluding tert-OH is 1. The fraction of sp³-hybridized carbons (Fsp3) is 1.00. The monoisotopic (exact) mass is 235 g/mol. The molecule has 0 spiro atoms. The van der Waals surface area contributed by atoms with E-state index in [-0.39, 0.29) is 17.9 Å². The molecule has 0 aromatic heterocycles. The lowest BCUT2D eigenvalue weighted by molar-refractivity contribution is 0.275. The number of nitrogens with one attached hydrogen (secondary N) is 1. The summed E-state index contributed by atoms with van der Waals surface area (Å²) in [5.41, 5.74) is 0. The van der Waals surface area contributed by atoms with Gasteiger partial charge in [0, 0.05) is 12.6 Å². The molecular weight excluding hydrogens is 214 g/mol. The molecule has 5 heteroatoms. The van der Waals surface area contributed by atoms with E-state index in [1.807, 2.05) is 0 Å². The summed E-state index contributed by atoms with van der Waals surface area (Å²) in [7, 11) is -3.17. The van der Waals surface area contributed by atoms with Crippen LogP contribution in [0.4, 0.5) is 0 Å². The van der Waals surface area contributed by atoms with E-state index in [0.29, 0.717) is 6.42 Å². The first-order valence-electron chi connectivity index (χ1n) is 5.68. The van der Waals surface area contributed by atoms with Crippen molar-refractivity contribution in [2.45, 2.75) is 56.7 Å². The number of aliphatic hydroxyl groups is 1. The molecule has 0 aromatic carbocycles. The molecule has 0 aromatic rings. The third-order valence-electron chi connectivity index (χ3n) is 2.92. The molecule has 1 aliphatic carbocycles. The van der Waals surface area contributed by atoms with E-state index in [0.717, 1.165) is 32.1 Å². The molecule has 15 heavy (non-hydrogen) atoms. The molecule has 1 saturated carbocycles. The fourth-order valence-corrected chi connectivity index (χ4v) is 3.83. The lowest BCUT2D eigenvalue weighted by Gasteiger charge is -2.24. The van der Waals surface area contributed by atoms with E-state index in [4.69, 9.17) is 5.11 Å². The summed E-state index contributed by atoms with van der Waals surface area (Å²) < 4.78 is 26.4. The zero-order valence-electron chi connectivity index (χ0n) is 9.28. The van der Waals surface area contributed by atoms with Crippen LogP contribution in [0.15, 0.2) is 0 Å². The van der Waals surface area contributed by atoms with Gasteiger partial charge in [-0.2, -0.15) is 0 Å². The Kier molecular flexibility index (Phi) is 5.02. The lowest BCUT2D eigenvalue weighted by Crippen LogP contribution is -2.40. The number of hydrogen-bond donors (Lipinski definition) is 2. The van der Waals surface area contributed by atoms with Gasteiger partial charge in [-0.05, 0) is 26.2 Å². The fourth-order valence-electron chi connectivity index (χ4n) is 2.00. The topological polar surface area (TPSA) is 66.4 Å². The van der Waals surface area contributed by atoms with E-state index in [1.54, 1.807) is 6.92 Å². The van der Waals surface area contributed by atoms with Crippen molar-refractivity contribution in [3.8, 4) is 0 Å². The Balaban J connectivity index is 2.49. The van der Waals surface area contributed by atoms with Gasteiger partial charge in [0.1, 0.15) is 0 Å². The molecule has 1 unspecified atom stereocenters. The highest BCUT2D eigenvalue weighted by Crippen LogP contribution is 2.23. The molecule has 2 N–H and O–H groups in total. The molecule has 0 bridgehead atoms. The van der Waals surface area contributed by atoms with Gasteiger partial charge >= 0.3 is 0 Å². The Labute approximate surface area is 92.1 Å². The van der Waals surface area contributed by atoms with Crippen LogP contribution in [-0.4, -0.2) is 31.4 Å². The Morgan fingerprint density at radius 2 is 1.93 bits per heavy atom. The SMILES string of the molecule is CC(CCO)NS(=O)(=O)C1CCCCC1. The third kappa shape index (κ3) is 4.09. The zero-order chi connectivity index (χ0) is 11.3. The quantitative estimate of drug-likeness (QED) is 0.747. The molecule has 0 radical (unpaired) electrons. The van der Waals surface area contributed by atoms with Crippen LogP contribution in [0, 0.1) is 0 Å². The molecule has 1 fully saturated rings. The summed E-state index contributed by atoms with van der Waals surface area (Å²) in [4.78, 5) is 0. The highest BCUT2D eigenvalue weighted by Gasteiger charge is 2.27. The lowest BCUT2D eigenvalue weighted by atomic mass is 10.0. The minimum Gasteiger partial charge on any atom is -0.396 e. The number of hydrogen-bond acceptors (Lipinski definition) is 3. The first kappa shape index (κ1) is 12.9. The van der Waals surface area contributed by atoms with E-state index in [2.05, 4.69) is 4.72 Å². The van der Waals surface area contributed by atoms with E-state index < -0.39 is 10.0 Å². The first-order valence-corrected chi connectivity index (χ1v) is 7.23. The van der Waals surface area contributed by atoms with Crippen molar-refractivity contribution in [1.82, 2.24) is 4.72 Å². The highest BCUT2D eigenvalue weighted by molar-refractivity contribution is 7.90. The van der Waals surface area contributed by atoms with Crippen molar-refractivity contribution in [2.24, 2.45) is 0 Å². The van der Waals surface area contributed by atoms with Crippen LogP contribution in [0.3, 0.4) is 0 Å². The molecule has 4 nitrogen and oxygen atoms in total. The van der Waals surface area contributed by atoms with Crippen LogP contribution >= 0.6 is 0 Å². The van der Waals surface area contributed by atoms with Crippen molar-refractivity contribution < 1.29 is 13.5 Å². The van der Waals surface area contributed by atoms with Crippen molar-refractivity contribution in [2.75, 3.05) is 6.61 Å². The minimum absolute atomic E-state index is 0.0222. The third-order valence-corrected chi connectivity index (χ3v) is 5.00. The molecule has 1 atom stereocenters. The van der Waals surface area contributed by atoms with Gasteiger partial charge in [0.15, 0.2) is 0 Å². The van der Waals surface area contributed by atoms with Crippen LogP contribution in [0.5, 0.6) is 0 Å². The maximum atomic E-state index is 11.9. The molecule has 0 aliphatic heterocycles. The van der Waals surface area contributed by atoms with E-state index in [1.165, 1.54) is 0 Å².